The number of aromatic amines is 1. The first-order valence-corrected chi connectivity index (χ1v) is 14.4. The Morgan fingerprint density at radius 3 is 2.41 bits per heavy atom. The van der Waals surface area contributed by atoms with Gasteiger partial charge in [-0.1, -0.05) is 24.3 Å². The van der Waals surface area contributed by atoms with Gasteiger partial charge in [0.25, 0.3) is 0 Å². The van der Waals surface area contributed by atoms with Gasteiger partial charge in [-0.3, -0.25) is 4.98 Å². The summed E-state index contributed by atoms with van der Waals surface area (Å²) in [6, 6.07) is 17.0. The molecule has 1 aliphatic heterocycles. The third kappa shape index (κ3) is 8.26. The molecule has 5 aromatic rings. The number of halogens is 1. The molecular weight excluding hydrogens is 565 g/mol. The molecule has 0 spiro atoms. The van der Waals surface area contributed by atoms with E-state index >= 15 is 0 Å². The fourth-order valence-electron chi connectivity index (χ4n) is 5.32. The number of benzene rings is 2. The lowest BCUT2D eigenvalue weighted by atomic mass is 9.93. The minimum atomic E-state index is -1.26. The molecular formula is C32H34FN7O4. The summed E-state index contributed by atoms with van der Waals surface area (Å²) in [7, 11) is 0. The molecule has 4 heterocycles. The number of para-hydroxylation sites is 2. The van der Waals surface area contributed by atoms with E-state index in [4.69, 9.17) is 15.2 Å². The Morgan fingerprint density at radius 1 is 0.977 bits per heavy atom. The van der Waals surface area contributed by atoms with E-state index in [0.717, 1.165) is 84.8 Å². The normalized spacial score (nSPS) is 14.1. The third-order valence-corrected chi connectivity index (χ3v) is 7.54. The highest BCUT2D eigenvalue weighted by Crippen LogP contribution is 2.25. The number of nitrogens with zero attached hydrogens (tertiary/aromatic N) is 5. The molecule has 0 bridgehead atoms. The molecule has 0 unspecified atom stereocenters. The van der Waals surface area contributed by atoms with Crippen molar-refractivity contribution in [3.05, 3.63) is 96.3 Å². The average molecular weight is 600 g/mol. The number of aromatic nitrogens is 5. The van der Waals surface area contributed by atoms with Crippen LogP contribution >= 0.6 is 0 Å². The number of likely N-dealkylation sites (tertiary alicyclic amines) is 1. The van der Waals surface area contributed by atoms with Crippen LogP contribution < -0.4 is 5.32 Å². The third-order valence-electron chi connectivity index (χ3n) is 7.54. The summed E-state index contributed by atoms with van der Waals surface area (Å²) >= 11 is 0. The first kappa shape index (κ1) is 30.4. The van der Waals surface area contributed by atoms with Gasteiger partial charge in [-0.2, -0.15) is 0 Å². The van der Waals surface area contributed by atoms with Crippen molar-refractivity contribution in [2.24, 2.45) is 5.92 Å². The van der Waals surface area contributed by atoms with E-state index < -0.39 is 11.9 Å². The second-order valence-electron chi connectivity index (χ2n) is 10.6. The van der Waals surface area contributed by atoms with Crippen LogP contribution in [0.2, 0.25) is 0 Å². The molecule has 0 amide bonds. The summed E-state index contributed by atoms with van der Waals surface area (Å²) in [4.78, 5) is 38.6. The van der Waals surface area contributed by atoms with Gasteiger partial charge in [0.1, 0.15) is 11.6 Å². The minimum Gasteiger partial charge on any atom is -0.478 e. The number of anilines is 1. The van der Waals surface area contributed by atoms with E-state index in [1.54, 1.807) is 12.4 Å². The summed E-state index contributed by atoms with van der Waals surface area (Å²) < 4.78 is 15.7. The highest BCUT2D eigenvalue weighted by molar-refractivity contribution is 5.89. The Bertz CT molecular complexity index is 1690. The number of hydrogen-bond acceptors (Lipinski definition) is 7. The van der Waals surface area contributed by atoms with Crippen LogP contribution in [0.15, 0.2) is 79.1 Å². The van der Waals surface area contributed by atoms with Crippen LogP contribution in [0.25, 0.3) is 22.1 Å². The number of pyridine rings is 1. The summed E-state index contributed by atoms with van der Waals surface area (Å²) in [5.74, 6) is -0.181. The van der Waals surface area contributed by atoms with E-state index in [0.29, 0.717) is 24.6 Å². The molecule has 0 atom stereocenters. The summed E-state index contributed by atoms with van der Waals surface area (Å²) in [6.45, 7) is 4.73. The molecule has 228 valence electrons. The molecule has 1 fully saturated rings. The van der Waals surface area contributed by atoms with E-state index in [1.807, 2.05) is 24.3 Å². The van der Waals surface area contributed by atoms with Crippen molar-refractivity contribution in [2.75, 3.05) is 31.5 Å². The maximum absolute atomic E-state index is 13.4. The maximum atomic E-state index is 13.4. The molecule has 12 heteroatoms. The monoisotopic (exact) mass is 599 g/mol. The molecule has 4 N–H and O–H groups in total. The molecule has 1 aliphatic rings. The Hall–Kier alpha value is -5.10. The number of nitrogens with one attached hydrogen (secondary N) is 2. The number of carbonyl (C=O) groups is 2. The number of hydrogen-bond donors (Lipinski definition) is 4. The van der Waals surface area contributed by atoms with Crippen LogP contribution in [0.1, 0.15) is 24.2 Å². The predicted molar refractivity (Wildman–Crippen MR) is 165 cm³/mol. The molecule has 44 heavy (non-hydrogen) atoms. The van der Waals surface area contributed by atoms with Crippen LogP contribution in [-0.4, -0.2) is 77.7 Å². The van der Waals surface area contributed by atoms with Gasteiger partial charge < -0.3 is 30.0 Å². The molecule has 2 aromatic carbocycles. The molecule has 1 saturated heterocycles. The van der Waals surface area contributed by atoms with Gasteiger partial charge in [0, 0.05) is 44.4 Å². The summed E-state index contributed by atoms with van der Waals surface area (Å²) in [5, 5.41) is 19.0. The lowest BCUT2D eigenvalue weighted by Crippen LogP contribution is -2.37. The lowest BCUT2D eigenvalue weighted by molar-refractivity contribution is -0.134. The summed E-state index contributed by atoms with van der Waals surface area (Å²) in [5.41, 5.74) is 5.13. The first-order valence-electron chi connectivity index (χ1n) is 14.4. The second kappa shape index (κ2) is 14.4. The zero-order valence-electron chi connectivity index (χ0n) is 24.1. The number of H-pyrrole nitrogens is 1. The Balaban J connectivity index is 0.000000426. The topological polar surface area (TPSA) is 149 Å². The quantitative estimate of drug-likeness (QED) is 0.169. The lowest BCUT2D eigenvalue weighted by Gasteiger charge is -2.31. The first-order chi connectivity index (χ1) is 21.3. The van der Waals surface area contributed by atoms with E-state index in [9.17, 15) is 14.0 Å². The van der Waals surface area contributed by atoms with Gasteiger partial charge in [0.05, 0.1) is 28.3 Å². The SMILES string of the molecule is Fc1ccc(Cn2c(CC3CCN(CCNc4nc5ccncc5[nH]4)CC3)nc3ccccc32)cc1.O=C(O)/C=C/C(=O)O. The Labute approximate surface area is 253 Å². The van der Waals surface area contributed by atoms with Crippen LogP contribution in [-0.2, 0) is 22.6 Å². The van der Waals surface area contributed by atoms with E-state index in [-0.39, 0.29) is 5.82 Å². The van der Waals surface area contributed by atoms with Crippen molar-refractivity contribution < 1.29 is 24.2 Å². The molecule has 3 aromatic heterocycles. The molecule has 0 saturated carbocycles. The predicted octanol–water partition coefficient (Wildman–Crippen LogP) is 4.57. The Morgan fingerprint density at radius 2 is 1.70 bits per heavy atom. The maximum Gasteiger partial charge on any atom is 0.328 e. The summed E-state index contributed by atoms with van der Waals surface area (Å²) in [6.07, 6.45) is 7.97. The van der Waals surface area contributed by atoms with Crippen LogP contribution in [0.5, 0.6) is 0 Å². The van der Waals surface area contributed by atoms with Gasteiger partial charge in [-0.25, -0.2) is 23.9 Å². The molecule has 6 rings (SSSR count). The van der Waals surface area contributed by atoms with Crippen LogP contribution in [0.3, 0.4) is 0 Å². The number of piperidine rings is 1. The number of carboxylic acids is 2. The van der Waals surface area contributed by atoms with Crippen molar-refractivity contribution in [1.29, 1.82) is 0 Å². The largest absolute Gasteiger partial charge is 0.478 e. The number of aliphatic carboxylic acids is 2. The number of carboxylic acid groups (broad SMARTS) is 2. The number of rotatable bonds is 10. The van der Waals surface area contributed by atoms with Crippen molar-refractivity contribution in [1.82, 2.24) is 29.4 Å². The van der Waals surface area contributed by atoms with Crippen LogP contribution in [0, 0.1) is 11.7 Å². The van der Waals surface area contributed by atoms with Crippen molar-refractivity contribution >= 4 is 40.0 Å². The van der Waals surface area contributed by atoms with Crippen molar-refractivity contribution in [3.8, 4) is 0 Å². The highest BCUT2D eigenvalue weighted by Gasteiger charge is 2.22. The second-order valence-corrected chi connectivity index (χ2v) is 10.6. The molecule has 0 aliphatic carbocycles. The van der Waals surface area contributed by atoms with E-state index in [2.05, 4.69) is 47.9 Å². The van der Waals surface area contributed by atoms with Crippen molar-refractivity contribution in [3.63, 3.8) is 0 Å². The average Bonchev–Trinajstić information content (AvgIpc) is 3.59. The smallest absolute Gasteiger partial charge is 0.328 e. The zero-order valence-corrected chi connectivity index (χ0v) is 24.1. The standard InChI is InChI=1S/C28H30FN7.C4H4O4/c29-22-7-5-21(6-8-22)19-36-26-4-2-1-3-24(26)32-27(36)17-20-10-14-35(15-11-20)16-13-31-28-33-23-9-12-30-18-25(23)34-28;5-3(6)1-2-4(7)8/h1-9,12,18,20H,10-11,13-17,19H2,(H2,31,33,34);1-2H,(H,5,6)(H,7,8)/b;2-1+. The minimum absolute atomic E-state index is 0.202. The Kier molecular flexibility index (Phi) is 9.92. The van der Waals surface area contributed by atoms with E-state index in [1.165, 1.54) is 12.1 Å². The fourth-order valence-corrected chi connectivity index (χ4v) is 5.32. The van der Waals surface area contributed by atoms with Gasteiger partial charge in [0.2, 0.25) is 5.95 Å². The molecule has 11 nitrogen and oxygen atoms in total. The molecule has 0 radical (unpaired) electrons. The van der Waals surface area contributed by atoms with Crippen LogP contribution in [0.4, 0.5) is 10.3 Å². The highest BCUT2D eigenvalue weighted by atomic mass is 19.1. The number of fused-ring (bicyclic) bond motifs is 2. The van der Waals surface area contributed by atoms with Gasteiger partial charge in [0.15, 0.2) is 0 Å². The number of imidazole rings is 2. The van der Waals surface area contributed by atoms with Gasteiger partial charge >= 0.3 is 11.9 Å². The van der Waals surface area contributed by atoms with Gasteiger partial charge in [-0.05, 0) is 67.7 Å². The zero-order chi connectivity index (χ0) is 30.9. The fraction of sp³-hybridized carbons (Fsp3) is 0.281. The van der Waals surface area contributed by atoms with Crippen molar-refractivity contribution in [2.45, 2.75) is 25.8 Å². The van der Waals surface area contributed by atoms with Gasteiger partial charge in [-0.15, -0.1) is 0 Å².